The number of rotatable bonds is 6. The molecule has 116 valence electrons. The number of likely N-dealkylation sites (tertiary alicyclic amines) is 1. The zero-order valence-corrected chi connectivity index (χ0v) is 13.0. The third-order valence-corrected chi connectivity index (χ3v) is 4.35. The molecule has 1 aliphatic heterocycles. The lowest BCUT2D eigenvalue weighted by Gasteiger charge is -2.31. The quantitative estimate of drug-likeness (QED) is 0.642. The van der Waals surface area contributed by atoms with Gasteiger partial charge in [0.2, 0.25) is 0 Å². The number of nitro groups is 1. The van der Waals surface area contributed by atoms with E-state index < -0.39 is 0 Å². The van der Waals surface area contributed by atoms with E-state index in [1.54, 1.807) is 12.1 Å². The second kappa shape index (κ2) is 7.41. The first-order valence-electron chi connectivity index (χ1n) is 7.87. The summed E-state index contributed by atoms with van der Waals surface area (Å²) in [5, 5.41) is 14.3. The molecule has 5 heteroatoms. The molecule has 1 aromatic carbocycles. The number of anilines is 1. The largest absolute Gasteiger partial charge is 0.385 e. The second-order valence-corrected chi connectivity index (χ2v) is 5.76. The molecule has 0 aliphatic carbocycles. The number of hydrogen-bond donors (Lipinski definition) is 1. The van der Waals surface area contributed by atoms with Crippen molar-refractivity contribution in [2.45, 2.75) is 39.7 Å². The van der Waals surface area contributed by atoms with E-state index in [1.807, 2.05) is 13.0 Å². The van der Waals surface area contributed by atoms with Crippen molar-refractivity contribution >= 4 is 11.4 Å². The molecule has 0 unspecified atom stereocenters. The van der Waals surface area contributed by atoms with Crippen molar-refractivity contribution in [1.82, 2.24) is 4.90 Å². The zero-order chi connectivity index (χ0) is 15.2. The molecule has 1 aromatic rings. The summed E-state index contributed by atoms with van der Waals surface area (Å²) in [6.07, 6.45) is 3.73. The smallest absolute Gasteiger partial charge is 0.269 e. The maximum Gasteiger partial charge on any atom is 0.269 e. The highest BCUT2D eigenvalue weighted by Crippen LogP contribution is 2.26. The number of piperidine rings is 1. The minimum atomic E-state index is -0.317. The van der Waals surface area contributed by atoms with Crippen molar-refractivity contribution in [3.8, 4) is 0 Å². The van der Waals surface area contributed by atoms with Crippen LogP contribution in [0.25, 0.3) is 0 Å². The van der Waals surface area contributed by atoms with Gasteiger partial charge < -0.3 is 5.32 Å². The fourth-order valence-electron chi connectivity index (χ4n) is 2.98. The van der Waals surface area contributed by atoms with Crippen LogP contribution in [-0.4, -0.2) is 29.5 Å². The average molecular weight is 291 g/mol. The summed E-state index contributed by atoms with van der Waals surface area (Å²) < 4.78 is 0. The molecule has 1 fully saturated rings. The van der Waals surface area contributed by atoms with Crippen molar-refractivity contribution in [3.63, 3.8) is 0 Å². The number of nitrogens with one attached hydrogen (secondary N) is 1. The van der Waals surface area contributed by atoms with E-state index in [9.17, 15) is 10.1 Å². The summed E-state index contributed by atoms with van der Waals surface area (Å²) in [6, 6.07) is 5.12. The Morgan fingerprint density at radius 1 is 1.33 bits per heavy atom. The van der Waals surface area contributed by atoms with Crippen molar-refractivity contribution in [2.24, 2.45) is 5.92 Å². The third kappa shape index (κ3) is 4.17. The van der Waals surface area contributed by atoms with Gasteiger partial charge in [0.1, 0.15) is 0 Å². The molecule has 1 N–H and O–H groups in total. The Kier molecular flexibility index (Phi) is 5.56. The monoisotopic (exact) mass is 291 g/mol. The van der Waals surface area contributed by atoms with E-state index in [0.29, 0.717) is 0 Å². The van der Waals surface area contributed by atoms with Crippen LogP contribution in [0, 0.1) is 16.0 Å². The van der Waals surface area contributed by atoms with Gasteiger partial charge in [0.15, 0.2) is 0 Å². The minimum Gasteiger partial charge on any atom is -0.385 e. The van der Waals surface area contributed by atoms with Gasteiger partial charge in [0.25, 0.3) is 5.69 Å². The fraction of sp³-hybridized carbons (Fsp3) is 0.625. The molecule has 5 nitrogen and oxygen atoms in total. The lowest BCUT2D eigenvalue weighted by molar-refractivity contribution is -0.384. The Bertz CT molecular complexity index is 482. The molecule has 0 aromatic heterocycles. The van der Waals surface area contributed by atoms with Crippen molar-refractivity contribution in [3.05, 3.63) is 33.9 Å². The SMILES string of the molecule is CCNc1ccc([N+](=O)[O-])cc1CN1CCC(CC)CC1. The van der Waals surface area contributed by atoms with Gasteiger partial charge in [-0.25, -0.2) is 0 Å². The van der Waals surface area contributed by atoms with Crippen molar-refractivity contribution < 1.29 is 4.92 Å². The normalized spacial score (nSPS) is 16.9. The van der Waals surface area contributed by atoms with Gasteiger partial charge >= 0.3 is 0 Å². The van der Waals surface area contributed by atoms with Gasteiger partial charge in [0.05, 0.1) is 4.92 Å². The molecular weight excluding hydrogens is 266 g/mol. The molecule has 0 bridgehead atoms. The molecule has 2 rings (SSSR count). The van der Waals surface area contributed by atoms with E-state index in [2.05, 4.69) is 17.1 Å². The van der Waals surface area contributed by atoms with Gasteiger partial charge in [-0.3, -0.25) is 15.0 Å². The molecule has 0 spiro atoms. The number of hydrogen-bond acceptors (Lipinski definition) is 4. The highest BCUT2D eigenvalue weighted by atomic mass is 16.6. The Balaban J connectivity index is 2.09. The van der Waals surface area contributed by atoms with E-state index in [4.69, 9.17) is 0 Å². The number of nitrogens with zero attached hydrogens (tertiary/aromatic N) is 2. The second-order valence-electron chi connectivity index (χ2n) is 5.76. The van der Waals surface area contributed by atoms with Crippen LogP contribution in [0.2, 0.25) is 0 Å². The van der Waals surface area contributed by atoms with E-state index >= 15 is 0 Å². The van der Waals surface area contributed by atoms with Gasteiger partial charge in [-0.2, -0.15) is 0 Å². The highest BCUT2D eigenvalue weighted by molar-refractivity contribution is 5.56. The average Bonchev–Trinajstić information content (AvgIpc) is 2.50. The Morgan fingerprint density at radius 3 is 2.62 bits per heavy atom. The van der Waals surface area contributed by atoms with E-state index in [0.717, 1.165) is 43.3 Å². The molecule has 1 aliphatic rings. The molecule has 1 heterocycles. The molecule has 1 saturated heterocycles. The summed E-state index contributed by atoms with van der Waals surface area (Å²) in [4.78, 5) is 13.1. The van der Waals surface area contributed by atoms with Crippen LogP contribution < -0.4 is 5.32 Å². The standard InChI is InChI=1S/C16H25N3O2/c1-3-13-7-9-18(10-8-13)12-14-11-15(19(20)21)5-6-16(14)17-4-2/h5-6,11,13,17H,3-4,7-10,12H2,1-2H3. The highest BCUT2D eigenvalue weighted by Gasteiger charge is 2.19. The number of non-ortho nitro benzene ring substituents is 1. The minimum absolute atomic E-state index is 0.176. The predicted molar refractivity (Wildman–Crippen MR) is 85.6 cm³/mol. The lowest BCUT2D eigenvalue weighted by Crippen LogP contribution is -2.33. The molecule has 21 heavy (non-hydrogen) atoms. The number of nitro benzene ring substituents is 1. The summed E-state index contributed by atoms with van der Waals surface area (Å²) in [6.45, 7) is 8.09. The van der Waals surface area contributed by atoms with Gasteiger partial charge in [-0.15, -0.1) is 0 Å². The van der Waals surface area contributed by atoms with Crippen LogP contribution in [0.5, 0.6) is 0 Å². The number of benzene rings is 1. The van der Waals surface area contributed by atoms with Gasteiger partial charge in [0, 0.05) is 30.9 Å². The van der Waals surface area contributed by atoms with E-state index in [1.165, 1.54) is 19.3 Å². The van der Waals surface area contributed by atoms with Gasteiger partial charge in [-0.1, -0.05) is 13.3 Å². The van der Waals surface area contributed by atoms with Gasteiger partial charge in [-0.05, 0) is 50.4 Å². The first kappa shape index (κ1) is 15.8. The Morgan fingerprint density at radius 2 is 2.05 bits per heavy atom. The summed E-state index contributed by atoms with van der Waals surface area (Å²) in [5.41, 5.74) is 2.22. The summed E-state index contributed by atoms with van der Waals surface area (Å²) >= 11 is 0. The Labute approximate surface area is 126 Å². The van der Waals surface area contributed by atoms with Crippen molar-refractivity contribution in [2.75, 3.05) is 25.0 Å². The maximum absolute atomic E-state index is 11.0. The van der Waals surface area contributed by atoms with Crippen molar-refractivity contribution in [1.29, 1.82) is 0 Å². The molecule has 0 saturated carbocycles. The summed E-state index contributed by atoms with van der Waals surface area (Å²) in [5.74, 6) is 0.847. The topological polar surface area (TPSA) is 58.4 Å². The van der Waals surface area contributed by atoms with Crippen LogP contribution >= 0.6 is 0 Å². The van der Waals surface area contributed by atoms with Crippen LogP contribution in [0.3, 0.4) is 0 Å². The molecular formula is C16H25N3O2. The fourth-order valence-corrected chi connectivity index (χ4v) is 2.98. The lowest BCUT2D eigenvalue weighted by atomic mass is 9.94. The van der Waals surface area contributed by atoms with Crippen LogP contribution in [0.4, 0.5) is 11.4 Å². The predicted octanol–water partition coefficient (Wildman–Crippen LogP) is 3.65. The zero-order valence-electron chi connectivity index (χ0n) is 13.0. The summed E-state index contributed by atoms with van der Waals surface area (Å²) in [7, 11) is 0. The van der Waals surface area contributed by atoms with Crippen LogP contribution in [0.15, 0.2) is 18.2 Å². The molecule has 0 atom stereocenters. The van der Waals surface area contributed by atoms with Crippen LogP contribution in [0.1, 0.15) is 38.7 Å². The molecule has 0 amide bonds. The van der Waals surface area contributed by atoms with Crippen LogP contribution in [-0.2, 0) is 6.54 Å². The molecule has 0 radical (unpaired) electrons. The third-order valence-electron chi connectivity index (χ3n) is 4.35. The maximum atomic E-state index is 11.0. The first-order chi connectivity index (χ1) is 10.1. The van der Waals surface area contributed by atoms with E-state index in [-0.39, 0.29) is 10.6 Å². The Hall–Kier alpha value is -1.62. The first-order valence-corrected chi connectivity index (χ1v) is 7.87.